The number of carbonyl (C=O) groups excluding carboxylic acids is 1. The maximum atomic E-state index is 12.3. The van der Waals surface area contributed by atoms with Crippen molar-refractivity contribution in [3.8, 4) is 5.75 Å². The number of hydrogen-bond donors (Lipinski definition) is 0. The van der Waals surface area contributed by atoms with Crippen molar-refractivity contribution in [2.75, 3.05) is 12.9 Å². The third-order valence-corrected chi connectivity index (χ3v) is 4.30. The molecule has 0 fully saturated rings. The summed E-state index contributed by atoms with van der Waals surface area (Å²) in [6.07, 6.45) is 1.57. The predicted molar refractivity (Wildman–Crippen MR) is 81.0 cm³/mol. The lowest BCUT2D eigenvalue weighted by Crippen LogP contribution is -2.12. The molecule has 0 saturated heterocycles. The molecule has 4 nitrogen and oxygen atoms in total. The maximum absolute atomic E-state index is 12.3. The molecule has 1 aromatic carbocycles. The van der Waals surface area contributed by atoms with E-state index in [4.69, 9.17) is 16.3 Å². The highest BCUT2D eigenvalue weighted by atomic mass is 35.5. The van der Waals surface area contributed by atoms with Crippen LogP contribution in [-0.2, 0) is 6.54 Å². The molecule has 1 aromatic heterocycles. The summed E-state index contributed by atoms with van der Waals surface area (Å²) in [4.78, 5) is 13.2. The second-order valence-electron chi connectivity index (χ2n) is 4.02. The Labute approximate surface area is 127 Å². The van der Waals surface area contributed by atoms with Gasteiger partial charge in [0, 0.05) is 11.4 Å². The van der Waals surface area contributed by atoms with Crippen LogP contribution in [0.5, 0.6) is 5.75 Å². The second kappa shape index (κ2) is 6.81. The van der Waals surface area contributed by atoms with Gasteiger partial charge < -0.3 is 4.74 Å². The first-order valence-electron chi connectivity index (χ1n) is 6.17. The average molecular weight is 311 g/mol. The van der Waals surface area contributed by atoms with E-state index in [1.807, 2.05) is 31.2 Å². The summed E-state index contributed by atoms with van der Waals surface area (Å²) >= 11 is 7.49. The van der Waals surface area contributed by atoms with Gasteiger partial charge >= 0.3 is 0 Å². The molecule has 0 saturated carbocycles. The van der Waals surface area contributed by atoms with Gasteiger partial charge in [-0.2, -0.15) is 5.10 Å². The SMILES string of the molecule is CCn1ncc(OC)c1C(=O)CSc1ccccc1Cl. The van der Waals surface area contributed by atoms with Crippen molar-refractivity contribution < 1.29 is 9.53 Å². The minimum absolute atomic E-state index is 0.0221. The topological polar surface area (TPSA) is 44.1 Å². The van der Waals surface area contributed by atoms with E-state index in [0.29, 0.717) is 28.8 Å². The third kappa shape index (κ3) is 3.16. The molecular formula is C14H15ClN2O2S. The molecule has 6 heteroatoms. The van der Waals surface area contributed by atoms with E-state index in [2.05, 4.69) is 5.10 Å². The Morgan fingerprint density at radius 2 is 2.20 bits per heavy atom. The number of hydrogen-bond acceptors (Lipinski definition) is 4. The Morgan fingerprint density at radius 1 is 1.45 bits per heavy atom. The standard InChI is InChI=1S/C14H15ClN2O2S/c1-3-17-14(12(19-2)8-16-17)11(18)9-20-13-7-5-4-6-10(13)15/h4-8H,3,9H2,1-2H3. The number of rotatable bonds is 6. The van der Waals surface area contributed by atoms with Crippen LogP contribution >= 0.6 is 23.4 Å². The van der Waals surface area contributed by atoms with Crippen LogP contribution in [0.4, 0.5) is 0 Å². The number of ether oxygens (including phenoxy) is 1. The Bertz CT molecular complexity index is 591. The van der Waals surface area contributed by atoms with Crippen molar-refractivity contribution in [3.05, 3.63) is 41.2 Å². The monoisotopic (exact) mass is 310 g/mol. The van der Waals surface area contributed by atoms with Crippen LogP contribution in [0, 0.1) is 0 Å². The number of halogens is 1. The quantitative estimate of drug-likeness (QED) is 0.604. The Morgan fingerprint density at radius 3 is 2.85 bits per heavy atom. The first-order chi connectivity index (χ1) is 9.67. The molecule has 2 rings (SSSR count). The summed E-state index contributed by atoms with van der Waals surface area (Å²) in [5, 5.41) is 4.79. The first kappa shape index (κ1) is 14.9. The van der Waals surface area contributed by atoms with Crippen LogP contribution in [0.2, 0.25) is 5.02 Å². The molecule has 0 aliphatic carbocycles. The van der Waals surface area contributed by atoms with Crippen molar-refractivity contribution in [2.45, 2.75) is 18.4 Å². The minimum Gasteiger partial charge on any atom is -0.493 e. The molecule has 106 valence electrons. The highest BCUT2D eigenvalue weighted by molar-refractivity contribution is 8.00. The molecule has 1 heterocycles. The molecule has 0 atom stereocenters. The van der Waals surface area contributed by atoms with Crippen LogP contribution in [-0.4, -0.2) is 28.4 Å². The van der Waals surface area contributed by atoms with Gasteiger partial charge in [0.05, 0.1) is 24.1 Å². The molecule has 0 amide bonds. The van der Waals surface area contributed by atoms with E-state index < -0.39 is 0 Å². The van der Waals surface area contributed by atoms with E-state index in [9.17, 15) is 4.79 Å². The minimum atomic E-state index is -0.0221. The number of carbonyl (C=O) groups is 1. The van der Waals surface area contributed by atoms with Gasteiger partial charge in [0.15, 0.2) is 11.5 Å². The molecular weight excluding hydrogens is 296 g/mol. The summed E-state index contributed by atoms with van der Waals surface area (Å²) in [7, 11) is 1.54. The van der Waals surface area contributed by atoms with E-state index in [-0.39, 0.29) is 5.78 Å². The molecule has 0 unspecified atom stereocenters. The van der Waals surface area contributed by atoms with E-state index >= 15 is 0 Å². The highest BCUT2D eigenvalue weighted by Gasteiger charge is 2.19. The zero-order chi connectivity index (χ0) is 14.5. The predicted octanol–water partition coefficient (Wildman–Crippen LogP) is 3.54. The summed E-state index contributed by atoms with van der Waals surface area (Å²) in [5.41, 5.74) is 0.509. The van der Waals surface area contributed by atoms with Crippen LogP contribution in [0.3, 0.4) is 0 Å². The van der Waals surface area contributed by atoms with Gasteiger partial charge in [0.1, 0.15) is 5.69 Å². The van der Waals surface area contributed by atoms with Crippen LogP contribution in [0.1, 0.15) is 17.4 Å². The molecule has 0 bridgehead atoms. The fourth-order valence-electron chi connectivity index (χ4n) is 1.81. The molecule has 0 N–H and O–H groups in total. The first-order valence-corrected chi connectivity index (χ1v) is 7.54. The molecule has 0 aliphatic heterocycles. The number of methoxy groups -OCH3 is 1. The largest absolute Gasteiger partial charge is 0.493 e. The van der Waals surface area contributed by atoms with Crippen LogP contribution < -0.4 is 4.74 Å². The van der Waals surface area contributed by atoms with Gasteiger partial charge in [0.2, 0.25) is 0 Å². The average Bonchev–Trinajstić information content (AvgIpc) is 2.89. The van der Waals surface area contributed by atoms with E-state index in [1.165, 1.54) is 18.9 Å². The van der Waals surface area contributed by atoms with Crippen LogP contribution in [0.25, 0.3) is 0 Å². The van der Waals surface area contributed by atoms with E-state index in [0.717, 1.165) is 4.90 Å². The number of ketones is 1. The van der Waals surface area contributed by atoms with Gasteiger partial charge in [-0.3, -0.25) is 9.48 Å². The number of aryl methyl sites for hydroxylation is 1. The Hall–Kier alpha value is -1.46. The van der Waals surface area contributed by atoms with Crippen molar-refractivity contribution in [3.63, 3.8) is 0 Å². The van der Waals surface area contributed by atoms with Crippen LogP contribution in [0.15, 0.2) is 35.4 Å². The highest BCUT2D eigenvalue weighted by Crippen LogP contribution is 2.28. The molecule has 0 aliphatic rings. The van der Waals surface area contributed by atoms with E-state index in [1.54, 1.807) is 10.9 Å². The Balaban J connectivity index is 2.13. The normalized spacial score (nSPS) is 10.6. The lowest BCUT2D eigenvalue weighted by atomic mass is 10.3. The van der Waals surface area contributed by atoms with Gasteiger partial charge in [-0.05, 0) is 19.1 Å². The molecule has 2 aromatic rings. The lowest BCUT2D eigenvalue weighted by molar-refractivity contribution is 0.100. The van der Waals surface area contributed by atoms with Crippen molar-refractivity contribution in [2.24, 2.45) is 0 Å². The smallest absolute Gasteiger partial charge is 0.194 e. The number of nitrogens with zero attached hydrogens (tertiary/aromatic N) is 2. The maximum Gasteiger partial charge on any atom is 0.194 e. The third-order valence-electron chi connectivity index (χ3n) is 2.78. The fraction of sp³-hybridized carbons (Fsp3) is 0.286. The molecule has 0 radical (unpaired) electrons. The van der Waals surface area contributed by atoms with Gasteiger partial charge in [-0.1, -0.05) is 23.7 Å². The molecule has 0 spiro atoms. The number of aromatic nitrogens is 2. The number of Topliss-reactive ketones (excluding diaryl/α,β-unsaturated/α-hetero) is 1. The zero-order valence-corrected chi connectivity index (χ0v) is 12.9. The van der Waals surface area contributed by atoms with Crippen molar-refractivity contribution >= 4 is 29.1 Å². The zero-order valence-electron chi connectivity index (χ0n) is 11.3. The second-order valence-corrected chi connectivity index (χ2v) is 5.44. The van der Waals surface area contributed by atoms with Crippen molar-refractivity contribution in [1.82, 2.24) is 9.78 Å². The fourth-order valence-corrected chi connectivity index (χ4v) is 2.92. The molecule has 20 heavy (non-hydrogen) atoms. The number of thioether (sulfide) groups is 1. The van der Waals surface area contributed by atoms with Gasteiger partial charge in [-0.15, -0.1) is 11.8 Å². The summed E-state index contributed by atoms with van der Waals surface area (Å²) in [6, 6.07) is 7.47. The summed E-state index contributed by atoms with van der Waals surface area (Å²) in [5.74, 6) is 0.786. The van der Waals surface area contributed by atoms with Crippen molar-refractivity contribution in [1.29, 1.82) is 0 Å². The van der Waals surface area contributed by atoms with Gasteiger partial charge in [0.25, 0.3) is 0 Å². The Kier molecular flexibility index (Phi) is 5.09. The summed E-state index contributed by atoms with van der Waals surface area (Å²) < 4.78 is 6.83. The van der Waals surface area contributed by atoms with Gasteiger partial charge in [-0.25, -0.2) is 0 Å². The number of benzene rings is 1. The summed E-state index contributed by atoms with van der Waals surface area (Å²) in [6.45, 7) is 2.56. The lowest BCUT2D eigenvalue weighted by Gasteiger charge is -2.07.